The average Bonchev–Trinajstić information content (AvgIpc) is 1.12. The summed E-state index contributed by atoms with van der Waals surface area (Å²) in [6.07, 6.45) is 1.85. The van der Waals surface area contributed by atoms with Gasteiger partial charge in [0.05, 0.1) is 12.5 Å². The van der Waals surface area contributed by atoms with Gasteiger partial charge in [-0.15, -0.1) is 0 Å². The fraction of sp³-hybridized carbons (Fsp3) is 1.00. The van der Waals surface area contributed by atoms with Gasteiger partial charge in [-0.3, -0.25) is 0 Å². The molecule has 64 valence electrons. The third kappa shape index (κ3) is 2060. The summed E-state index contributed by atoms with van der Waals surface area (Å²) in [6.45, 7) is 0. The van der Waals surface area contributed by atoms with E-state index in [2.05, 4.69) is 21.4 Å². The molecule has 0 heterocycles. The predicted octanol–water partition coefficient (Wildman–Crippen LogP) is 0.370. The van der Waals surface area contributed by atoms with Crippen LogP contribution in [0.3, 0.4) is 0 Å². The lowest BCUT2D eigenvalue weighted by molar-refractivity contribution is 0.613. The molecule has 0 spiro atoms. The molecule has 0 saturated carbocycles. The van der Waals surface area contributed by atoms with E-state index in [0.717, 1.165) is 12.5 Å². The van der Waals surface area contributed by atoms with Crippen molar-refractivity contribution >= 4 is 39.5 Å². The zero-order valence-corrected chi connectivity index (χ0v) is 8.35. The number of hydrogen-bond donors (Lipinski definition) is 0. The molecule has 8 heteroatoms. The maximum atomic E-state index is 9.40. The Labute approximate surface area is 69.0 Å². The molecule has 10 heavy (non-hydrogen) atoms. The minimum absolute atomic E-state index is 0.925. The number of rotatable bonds is 0. The van der Waals surface area contributed by atoms with E-state index in [1.165, 1.54) is 0 Å². The Morgan fingerprint density at radius 3 is 0.800 bits per heavy atom. The summed E-state index contributed by atoms with van der Waals surface area (Å²) in [4.78, 5) is 0. The van der Waals surface area contributed by atoms with Gasteiger partial charge < -0.3 is 0 Å². The molecule has 0 aromatic heterocycles. The molecular formula is C2H6Cl2O4S2. The van der Waals surface area contributed by atoms with E-state index in [0.29, 0.717) is 0 Å². The van der Waals surface area contributed by atoms with E-state index in [4.69, 9.17) is 0 Å². The normalized spacial score (nSPS) is 11.6. The fourth-order valence-electron chi connectivity index (χ4n) is 0. The van der Waals surface area contributed by atoms with Crippen molar-refractivity contribution in [3.63, 3.8) is 0 Å². The molecule has 0 bridgehead atoms. The molecule has 0 saturated heterocycles. The van der Waals surface area contributed by atoms with E-state index in [1.807, 2.05) is 0 Å². The van der Waals surface area contributed by atoms with Gasteiger partial charge in [0.1, 0.15) is 0 Å². The molecule has 0 fully saturated rings. The van der Waals surface area contributed by atoms with Gasteiger partial charge in [-0.25, -0.2) is 16.8 Å². The van der Waals surface area contributed by atoms with Crippen molar-refractivity contribution in [1.29, 1.82) is 0 Å². The molecule has 0 aliphatic rings. The lowest BCUT2D eigenvalue weighted by atomic mass is 12.0. The molecule has 0 aromatic rings. The van der Waals surface area contributed by atoms with Crippen LogP contribution in [0.2, 0.25) is 0 Å². The van der Waals surface area contributed by atoms with Crippen LogP contribution in [0, 0.1) is 0 Å². The van der Waals surface area contributed by atoms with Gasteiger partial charge in [-0.2, -0.15) is 0 Å². The molecule has 0 aliphatic heterocycles. The van der Waals surface area contributed by atoms with Crippen LogP contribution in [0.5, 0.6) is 0 Å². The molecular weight excluding hydrogens is 223 g/mol. The van der Waals surface area contributed by atoms with E-state index >= 15 is 0 Å². The summed E-state index contributed by atoms with van der Waals surface area (Å²) < 4.78 is 37.6. The highest BCUT2D eigenvalue weighted by Gasteiger charge is 1.84. The van der Waals surface area contributed by atoms with Crippen molar-refractivity contribution < 1.29 is 16.8 Å². The van der Waals surface area contributed by atoms with E-state index < -0.39 is 18.1 Å². The van der Waals surface area contributed by atoms with Gasteiger partial charge in [-0.1, -0.05) is 0 Å². The first-order valence-corrected chi connectivity index (χ1v) is 7.23. The summed E-state index contributed by atoms with van der Waals surface area (Å²) in [6, 6.07) is 0. The Kier molecular flexibility index (Phi) is 5.73. The Morgan fingerprint density at radius 1 is 0.800 bits per heavy atom. The van der Waals surface area contributed by atoms with Crippen LogP contribution < -0.4 is 0 Å². The monoisotopic (exact) mass is 228 g/mol. The van der Waals surface area contributed by atoms with Crippen LogP contribution in [-0.4, -0.2) is 29.3 Å². The minimum Gasteiger partial charge on any atom is -0.213 e. The maximum Gasteiger partial charge on any atom is 0.229 e. The largest absolute Gasteiger partial charge is 0.229 e. The maximum absolute atomic E-state index is 9.40. The lowest BCUT2D eigenvalue weighted by Crippen LogP contribution is -1.76. The average molecular weight is 229 g/mol. The molecule has 0 aromatic carbocycles. The van der Waals surface area contributed by atoms with Crippen molar-refractivity contribution in [2.24, 2.45) is 0 Å². The summed E-state index contributed by atoms with van der Waals surface area (Å²) >= 11 is 0. The second-order valence-electron chi connectivity index (χ2n) is 1.36. The Hall–Kier alpha value is 0.480. The van der Waals surface area contributed by atoms with Gasteiger partial charge in [0, 0.05) is 21.4 Å². The SMILES string of the molecule is CS(=O)(=O)Cl.CS(=O)(=O)Cl. The highest BCUT2D eigenvalue weighted by Crippen LogP contribution is 1.83. The molecule has 0 N–H and O–H groups in total. The third-order valence-corrected chi connectivity index (χ3v) is 0. The van der Waals surface area contributed by atoms with Gasteiger partial charge >= 0.3 is 0 Å². The molecule has 0 radical (unpaired) electrons. The predicted molar refractivity (Wildman–Crippen MR) is 41.4 cm³/mol. The lowest BCUT2D eigenvalue weighted by Gasteiger charge is -1.65. The van der Waals surface area contributed by atoms with Crippen LogP contribution in [0.25, 0.3) is 0 Å². The van der Waals surface area contributed by atoms with E-state index in [1.54, 1.807) is 0 Å². The Bertz CT molecular complexity index is 216. The van der Waals surface area contributed by atoms with Crippen LogP contribution >= 0.6 is 21.4 Å². The highest BCUT2D eigenvalue weighted by atomic mass is 35.7. The second-order valence-corrected chi connectivity index (χ2v) is 7.45. The topological polar surface area (TPSA) is 68.3 Å². The fourth-order valence-corrected chi connectivity index (χ4v) is 0. The van der Waals surface area contributed by atoms with Crippen molar-refractivity contribution in [2.75, 3.05) is 12.5 Å². The van der Waals surface area contributed by atoms with E-state index in [9.17, 15) is 16.8 Å². The zero-order chi connectivity index (χ0) is 9.00. The van der Waals surface area contributed by atoms with Gasteiger partial charge in [0.15, 0.2) is 0 Å². The molecule has 0 atom stereocenters. The van der Waals surface area contributed by atoms with Crippen LogP contribution in [-0.2, 0) is 18.1 Å². The van der Waals surface area contributed by atoms with Crippen molar-refractivity contribution in [1.82, 2.24) is 0 Å². The molecule has 0 rings (SSSR count). The second kappa shape index (κ2) is 4.38. The van der Waals surface area contributed by atoms with Crippen molar-refractivity contribution in [3.8, 4) is 0 Å². The summed E-state index contributed by atoms with van der Waals surface area (Å²) in [7, 11) is 2.62. The molecule has 0 amide bonds. The zero-order valence-electron chi connectivity index (χ0n) is 5.21. The van der Waals surface area contributed by atoms with Crippen molar-refractivity contribution in [3.05, 3.63) is 0 Å². The molecule has 0 unspecified atom stereocenters. The summed E-state index contributed by atoms with van der Waals surface area (Å²) in [5.74, 6) is 0. The summed E-state index contributed by atoms with van der Waals surface area (Å²) in [5, 5.41) is 0. The van der Waals surface area contributed by atoms with Crippen LogP contribution in [0.15, 0.2) is 0 Å². The van der Waals surface area contributed by atoms with E-state index in [-0.39, 0.29) is 0 Å². The number of hydrogen-bond acceptors (Lipinski definition) is 4. The smallest absolute Gasteiger partial charge is 0.213 e. The first-order chi connectivity index (χ1) is 4.00. The molecule has 0 aliphatic carbocycles. The first kappa shape index (κ1) is 13.1. The van der Waals surface area contributed by atoms with Gasteiger partial charge in [-0.05, 0) is 0 Å². The van der Waals surface area contributed by atoms with Crippen LogP contribution in [0.1, 0.15) is 0 Å². The Balaban J connectivity index is 0. The number of halogens is 2. The molecule has 4 nitrogen and oxygen atoms in total. The quantitative estimate of drug-likeness (QED) is 0.563. The first-order valence-electron chi connectivity index (χ1n) is 1.79. The summed E-state index contributed by atoms with van der Waals surface area (Å²) in [5.41, 5.74) is 0. The Morgan fingerprint density at radius 2 is 0.800 bits per heavy atom. The minimum atomic E-state index is -3.19. The highest BCUT2D eigenvalue weighted by molar-refractivity contribution is 8.13. The van der Waals surface area contributed by atoms with Crippen LogP contribution in [0.4, 0.5) is 0 Å². The van der Waals surface area contributed by atoms with Gasteiger partial charge in [0.25, 0.3) is 0 Å². The third-order valence-electron chi connectivity index (χ3n) is 0. The standard InChI is InChI=1S/2CH3ClO2S/c2*1-5(2,3)4/h2*1H3. The van der Waals surface area contributed by atoms with Crippen molar-refractivity contribution in [2.45, 2.75) is 0 Å². The van der Waals surface area contributed by atoms with Gasteiger partial charge in [0.2, 0.25) is 18.1 Å².